The van der Waals surface area contributed by atoms with Crippen molar-refractivity contribution < 1.29 is 0 Å². The van der Waals surface area contributed by atoms with E-state index in [2.05, 4.69) is 161 Å². The van der Waals surface area contributed by atoms with E-state index in [9.17, 15) is 0 Å². The van der Waals surface area contributed by atoms with E-state index in [1.807, 2.05) is 6.07 Å². The van der Waals surface area contributed by atoms with Crippen molar-refractivity contribution in [3.05, 3.63) is 158 Å². The molecule has 0 unspecified atom stereocenters. The van der Waals surface area contributed by atoms with Crippen molar-refractivity contribution in [3.63, 3.8) is 0 Å². The molecule has 0 aliphatic heterocycles. The third-order valence-electron chi connectivity index (χ3n) is 9.27. The number of hydrogen-bond acceptors (Lipinski definition) is 2. The van der Waals surface area contributed by atoms with Crippen molar-refractivity contribution in [2.45, 2.75) is 0 Å². The van der Waals surface area contributed by atoms with Crippen LogP contribution in [0.2, 0.25) is 0 Å². The maximum Gasteiger partial charge on any atom is 0.146 e. The standard InChI is InChI=1S/C42H26N4/c1-3-13-27(14-4-1)29-23-35(28-15-5-2-6-16-28)43-41(24-29)45-37-21-11-10-19-32(37)34-25-36-40(26-39(34)45)46-38-22-12-9-18-31(38)30-17-7-8-20-33(30)42(46)44-36/h1-26H. The van der Waals surface area contributed by atoms with E-state index in [1.54, 1.807) is 0 Å². The lowest BCUT2D eigenvalue weighted by Crippen LogP contribution is -2.00. The van der Waals surface area contributed by atoms with Crippen molar-refractivity contribution in [1.82, 2.24) is 18.9 Å². The first-order chi connectivity index (χ1) is 22.8. The van der Waals surface area contributed by atoms with Gasteiger partial charge in [0.25, 0.3) is 0 Å². The van der Waals surface area contributed by atoms with Gasteiger partial charge in [-0.05, 0) is 52.9 Å². The number of nitrogens with zero attached hydrogens (tertiary/aromatic N) is 4. The fourth-order valence-corrected chi connectivity index (χ4v) is 7.20. The Morgan fingerprint density at radius 1 is 0.370 bits per heavy atom. The van der Waals surface area contributed by atoms with Gasteiger partial charge in [0.1, 0.15) is 11.5 Å². The largest absolute Gasteiger partial charge is 0.294 e. The second kappa shape index (κ2) is 9.62. The van der Waals surface area contributed by atoms with E-state index in [-0.39, 0.29) is 0 Å². The summed E-state index contributed by atoms with van der Waals surface area (Å²) in [7, 11) is 0. The first-order valence-corrected chi connectivity index (χ1v) is 15.6. The average molecular weight is 587 g/mol. The van der Waals surface area contributed by atoms with Crippen LogP contribution in [-0.4, -0.2) is 18.9 Å². The maximum atomic E-state index is 5.33. The Bertz CT molecular complexity index is 2730. The van der Waals surface area contributed by atoms with Gasteiger partial charge >= 0.3 is 0 Å². The fraction of sp³-hybridized carbons (Fsp3) is 0. The van der Waals surface area contributed by atoms with E-state index >= 15 is 0 Å². The van der Waals surface area contributed by atoms with Gasteiger partial charge in [0.05, 0.1) is 33.3 Å². The van der Waals surface area contributed by atoms with Crippen LogP contribution in [0.5, 0.6) is 0 Å². The smallest absolute Gasteiger partial charge is 0.146 e. The van der Waals surface area contributed by atoms with Gasteiger partial charge < -0.3 is 0 Å². The molecule has 0 bridgehead atoms. The number of fused-ring (bicyclic) bond motifs is 11. The minimum Gasteiger partial charge on any atom is -0.294 e. The third kappa shape index (κ3) is 3.61. The molecule has 0 fully saturated rings. The number of hydrogen-bond donors (Lipinski definition) is 0. The zero-order valence-electron chi connectivity index (χ0n) is 24.8. The first-order valence-electron chi connectivity index (χ1n) is 15.6. The Balaban J connectivity index is 1.35. The van der Waals surface area contributed by atoms with Gasteiger partial charge in [0, 0.05) is 27.1 Å². The molecular weight excluding hydrogens is 560 g/mol. The summed E-state index contributed by atoms with van der Waals surface area (Å²) < 4.78 is 4.66. The highest BCUT2D eigenvalue weighted by Crippen LogP contribution is 2.38. The second-order valence-electron chi connectivity index (χ2n) is 11.9. The minimum atomic E-state index is 0.884. The van der Waals surface area contributed by atoms with E-state index in [0.29, 0.717) is 0 Å². The van der Waals surface area contributed by atoms with E-state index in [4.69, 9.17) is 9.97 Å². The molecule has 214 valence electrons. The van der Waals surface area contributed by atoms with Crippen LogP contribution in [0.4, 0.5) is 0 Å². The Hall–Kier alpha value is -6.26. The molecule has 0 N–H and O–H groups in total. The molecule has 0 saturated heterocycles. The predicted octanol–water partition coefficient (Wildman–Crippen LogP) is 10.6. The lowest BCUT2D eigenvalue weighted by atomic mass is 10.0. The molecule has 0 radical (unpaired) electrons. The zero-order valence-corrected chi connectivity index (χ0v) is 24.8. The van der Waals surface area contributed by atoms with Crippen molar-refractivity contribution in [1.29, 1.82) is 0 Å². The van der Waals surface area contributed by atoms with Gasteiger partial charge in [-0.3, -0.25) is 8.97 Å². The molecule has 0 amide bonds. The van der Waals surface area contributed by atoms with Gasteiger partial charge in [-0.15, -0.1) is 0 Å². The number of benzene rings is 6. The van der Waals surface area contributed by atoms with Crippen molar-refractivity contribution in [3.8, 4) is 28.2 Å². The molecule has 46 heavy (non-hydrogen) atoms. The third-order valence-corrected chi connectivity index (χ3v) is 9.27. The molecule has 0 aliphatic rings. The summed E-state index contributed by atoms with van der Waals surface area (Å²) in [6.45, 7) is 0. The lowest BCUT2D eigenvalue weighted by Gasteiger charge is -2.13. The Kier molecular flexibility index (Phi) is 5.25. The number of aromatic nitrogens is 4. The molecule has 4 heteroatoms. The van der Waals surface area contributed by atoms with Crippen LogP contribution in [0.25, 0.3) is 88.4 Å². The fourth-order valence-electron chi connectivity index (χ4n) is 7.20. The molecule has 4 nitrogen and oxygen atoms in total. The van der Waals surface area contributed by atoms with Crippen LogP contribution in [0.15, 0.2) is 158 Å². The van der Waals surface area contributed by atoms with Crippen molar-refractivity contribution >= 4 is 60.2 Å². The molecule has 0 spiro atoms. The molecule has 0 saturated carbocycles. The summed E-state index contributed by atoms with van der Waals surface area (Å²) in [6.07, 6.45) is 0. The van der Waals surface area contributed by atoms with Gasteiger partial charge in [0.15, 0.2) is 0 Å². The summed E-state index contributed by atoms with van der Waals surface area (Å²) in [5.74, 6) is 0.884. The molecule has 10 rings (SSSR count). The highest BCUT2D eigenvalue weighted by atomic mass is 15.1. The highest BCUT2D eigenvalue weighted by Gasteiger charge is 2.19. The lowest BCUT2D eigenvalue weighted by molar-refractivity contribution is 1.08. The Labute approximate surface area is 264 Å². The molecule has 0 atom stereocenters. The molecule has 10 aromatic rings. The summed E-state index contributed by atoms with van der Waals surface area (Å²) in [5.41, 5.74) is 10.7. The van der Waals surface area contributed by atoms with Gasteiger partial charge in [-0.1, -0.05) is 121 Å². The van der Waals surface area contributed by atoms with Crippen LogP contribution in [-0.2, 0) is 0 Å². The van der Waals surface area contributed by atoms with Crippen molar-refractivity contribution in [2.75, 3.05) is 0 Å². The van der Waals surface area contributed by atoms with Crippen LogP contribution >= 0.6 is 0 Å². The summed E-state index contributed by atoms with van der Waals surface area (Å²) in [5, 5.41) is 5.93. The van der Waals surface area contributed by atoms with Crippen LogP contribution in [0.3, 0.4) is 0 Å². The Morgan fingerprint density at radius 2 is 0.978 bits per heavy atom. The average Bonchev–Trinajstić information content (AvgIpc) is 3.67. The number of para-hydroxylation sites is 2. The first kappa shape index (κ1) is 25.1. The van der Waals surface area contributed by atoms with Crippen LogP contribution in [0, 0.1) is 0 Å². The molecular formula is C42H26N4. The second-order valence-corrected chi connectivity index (χ2v) is 11.9. The zero-order chi connectivity index (χ0) is 30.2. The van der Waals surface area contributed by atoms with Crippen LogP contribution in [0.1, 0.15) is 0 Å². The van der Waals surface area contributed by atoms with Crippen LogP contribution < -0.4 is 0 Å². The monoisotopic (exact) mass is 586 g/mol. The molecule has 6 aromatic carbocycles. The topological polar surface area (TPSA) is 35.1 Å². The van der Waals surface area contributed by atoms with Gasteiger partial charge in [-0.2, -0.15) is 0 Å². The highest BCUT2D eigenvalue weighted by molar-refractivity contribution is 6.17. The Morgan fingerprint density at radius 3 is 1.74 bits per heavy atom. The summed E-state index contributed by atoms with van der Waals surface area (Å²) >= 11 is 0. The predicted molar refractivity (Wildman–Crippen MR) is 191 cm³/mol. The maximum absolute atomic E-state index is 5.33. The molecule has 0 aliphatic carbocycles. The summed E-state index contributed by atoms with van der Waals surface area (Å²) in [4.78, 5) is 10.6. The molecule has 4 heterocycles. The molecule has 4 aromatic heterocycles. The number of rotatable bonds is 3. The van der Waals surface area contributed by atoms with Crippen molar-refractivity contribution in [2.24, 2.45) is 0 Å². The van der Waals surface area contributed by atoms with Gasteiger partial charge in [0.2, 0.25) is 0 Å². The minimum absolute atomic E-state index is 0.884. The van der Waals surface area contributed by atoms with Gasteiger partial charge in [-0.25, -0.2) is 9.97 Å². The van der Waals surface area contributed by atoms with E-state index < -0.39 is 0 Å². The number of imidazole rings is 1. The number of pyridine rings is 2. The quantitative estimate of drug-likeness (QED) is 0.193. The van der Waals surface area contributed by atoms with E-state index in [0.717, 1.165) is 72.2 Å². The van der Waals surface area contributed by atoms with E-state index in [1.165, 1.54) is 16.2 Å². The summed E-state index contributed by atoms with van der Waals surface area (Å²) in [6, 6.07) is 55.9. The SMILES string of the molecule is c1ccc(-c2cc(-c3ccccc3)nc(-n3c4ccccc4c4cc5nc6c7ccccc7c7ccccc7n6c5cc43)c2)cc1. The normalized spacial score (nSPS) is 11.9.